The van der Waals surface area contributed by atoms with E-state index in [1.165, 1.54) is 0 Å². The fourth-order valence-electron chi connectivity index (χ4n) is 1.37. The van der Waals surface area contributed by atoms with Crippen molar-refractivity contribution in [3.63, 3.8) is 0 Å². The van der Waals surface area contributed by atoms with E-state index in [-0.39, 0.29) is 5.91 Å². The average Bonchev–Trinajstić information content (AvgIpc) is 2.29. The first kappa shape index (κ1) is 13.2. The summed E-state index contributed by atoms with van der Waals surface area (Å²) in [6.45, 7) is 0.320. The number of hydrogen-bond acceptors (Lipinski definition) is 4. The van der Waals surface area contributed by atoms with Gasteiger partial charge in [-0.25, -0.2) is 0 Å². The zero-order valence-electron chi connectivity index (χ0n) is 10.7. The molecule has 17 heavy (non-hydrogen) atoms. The van der Waals surface area contributed by atoms with Gasteiger partial charge in [-0.05, 0) is 12.1 Å². The van der Waals surface area contributed by atoms with Crippen LogP contribution in [0.2, 0.25) is 0 Å². The second kappa shape index (κ2) is 5.43. The molecule has 1 aromatic carbocycles. The van der Waals surface area contributed by atoms with Gasteiger partial charge in [0.1, 0.15) is 5.75 Å². The van der Waals surface area contributed by atoms with Gasteiger partial charge in [-0.1, -0.05) is 0 Å². The van der Waals surface area contributed by atoms with Crippen molar-refractivity contribution in [3.8, 4) is 5.75 Å². The Morgan fingerprint density at radius 3 is 2.53 bits per heavy atom. The summed E-state index contributed by atoms with van der Waals surface area (Å²) in [4.78, 5) is 15.0. The second-order valence-electron chi connectivity index (χ2n) is 4.07. The van der Waals surface area contributed by atoms with Gasteiger partial charge in [0.2, 0.25) is 5.91 Å². The lowest BCUT2D eigenvalue weighted by Crippen LogP contribution is -2.34. The maximum atomic E-state index is 11.6. The van der Waals surface area contributed by atoms with Crippen molar-refractivity contribution in [2.45, 2.75) is 0 Å². The number of nitrogen functional groups attached to an aromatic ring is 1. The van der Waals surface area contributed by atoms with Crippen LogP contribution in [-0.4, -0.2) is 45.6 Å². The van der Waals surface area contributed by atoms with Crippen LogP contribution < -0.4 is 15.4 Å². The molecule has 0 aliphatic carbocycles. The van der Waals surface area contributed by atoms with Crippen LogP contribution in [0.15, 0.2) is 18.2 Å². The minimum Gasteiger partial charge on any atom is -0.495 e. The van der Waals surface area contributed by atoms with Crippen molar-refractivity contribution in [1.82, 2.24) is 4.90 Å². The largest absolute Gasteiger partial charge is 0.495 e. The maximum absolute atomic E-state index is 11.6. The predicted octanol–water partition coefficient (Wildman–Crippen LogP) is 0.802. The van der Waals surface area contributed by atoms with Crippen LogP contribution in [0.3, 0.4) is 0 Å². The number of anilines is 2. The van der Waals surface area contributed by atoms with Crippen LogP contribution in [0.4, 0.5) is 11.4 Å². The third-order valence-corrected chi connectivity index (χ3v) is 2.53. The summed E-state index contributed by atoms with van der Waals surface area (Å²) in [7, 11) is 6.90. The first-order chi connectivity index (χ1) is 7.95. The molecule has 0 fully saturated rings. The summed E-state index contributed by atoms with van der Waals surface area (Å²) in [5, 5.41) is 0. The van der Waals surface area contributed by atoms with Crippen molar-refractivity contribution >= 4 is 17.3 Å². The topological polar surface area (TPSA) is 58.8 Å². The van der Waals surface area contributed by atoms with E-state index in [2.05, 4.69) is 0 Å². The first-order valence-corrected chi connectivity index (χ1v) is 5.30. The van der Waals surface area contributed by atoms with E-state index in [1.807, 2.05) is 24.1 Å². The van der Waals surface area contributed by atoms with Crippen molar-refractivity contribution in [1.29, 1.82) is 0 Å². The Bertz CT molecular complexity index is 405. The predicted molar refractivity (Wildman–Crippen MR) is 69.4 cm³/mol. The minimum absolute atomic E-state index is 0.0447. The summed E-state index contributed by atoms with van der Waals surface area (Å²) in [6, 6.07) is 5.45. The zero-order chi connectivity index (χ0) is 13.0. The highest BCUT2D eigenvalue weighted by molar-refractivity contribution is 5.81. The van der Waals surface area contributed by atoms with Gasteiger partial charge < -0.3 is 20.3 Å². The smallest absolute Gasteiger partial charge is 0.241 e. The van der Waals surface area contributed by atoms with Gasteiger partial charge in [0.15, 0.2) is 0 Å². The molecule has 0 aromatic heterocycles. The zero-order valence-corrected chi connectivity index (χ0v) is 10.7. The average molecular weight is 237 g/mol. The van der Waals surface area contributed by atoms with Crippen molar-refractivity contribution < 1.29 is 9.53 Å². The summed E-state index contributed by atoms with van der Waals surface area (Å²) >= 11 is 0. The lowest BCUT2D eigenvalue weighted by Gasteiger charge is -2.21. The molecule has 5 nitrogen and oxygen atoms in total. The number of nitrogens with zero attached hydrogens (tertiary/aromatic N) is 2. The van der Waals surface area contributed by atoms with Crippen LogP contribution >= 0.6 is 0 Å². The molecule has 94 valence electrons. The van der Waals surface area contributed by atoms with E-state index < -0.39 is 0 Å². The Kier molecular flexibility index (Phi) is 4.20. The highest BCUT2D eigenvalue weighted by atomic mass is 16.5. The third-order valence-electron chi connectivity index (χ3n) is 2.53. The SMILES string of the molecule is COc1cc(N(C)CC(=O)N(C)C)ccc1N. The molecule has 5 heteroatoms. The molecule has 0 atom stereocenters. The minimum atomic E-state index is 0.0447. The molecule has 0 saturated heterocycles. The van der Waals surface area contributed by atoms with Gasteiger partial charge in [0, 0.05) is 32.9 Å². The van der Waals surface area contributed by atoms with Crippen LogP contribution in [0.1, 0.15) is 0 Å². The molecule has 0 aliphatic rings. The van der Waals surface area contributed by atoms with E-state index in [1.54, 1.807) is 32.2 Å². The standard InChI is InChI=1S/C12H19N3O2/c1-14(2)12(16)8-15(3)9-5-6-10(13)11(7-9)17-4/h5-7H,8,13H2,1-4H3. The molecular formula is C12H19N3O2. The summed E-state index contributed by atoms with van der Waals surface area (Å²) in [5.74, 6) is 0.662. The number of carbonyl (C=O) groups is 1. The van der Waals surface area contributed by atoms with Crippen LogP contribution in [0, 0.1) is 0 Å². The Morgan fingerprint density at radius 2 is 2.00 bits per heavy atom. The van der Waals surface area contributed by atoms with Crippen LogP contribution in [0.5, 0.6) is 5.75 Å². The number of hydrogen-bond donors (Lipinski definition) is 1. The normalized spacial score (nSPS) is 9.88. The van der Waals surface area contributed by atoms with Gasteiger partial charge in [-0.2, -0.15) is 0 Å². The number of rotatable bonds is 4. The monoisotopic (exact) mass is 237 g/mol. The van der Waals surface area contributed by atoms with E-state index in [4.69, 9.17) is 10.5 Å². The van der Waals surface area contributed by atoms with E-state index in [0.717, 1.165) is 5.69 Å². The number of carbonyl (C=O) groups excluding carboxylic acids is 1. The van der Waals surface area contributed by atoms with Gasteiger partial charge in [0.05, 0.1) is 19.3 Å². The number of nitrogens with two attached hydrogens (primary N) is 1. The molecule has 0 radical (unpaired) electrons. The molecule has 0 spiro atoms. The van der Waals surface area contributed by atoms with Gasteiger partial charge in [0.25, 0.3) is 0 Å². The van der Waals surface area contributed by atoms with Crippen LogP contribution in [0.25, 0.3) is 0 Å². The fraction of sp³-hybridized carbons (Fsp3) is 0.417. The number of benzene rings is 1. The molecule has 0 bridgehead atoms. The first-order valence-electron chi connectivity index (χ1n) is 5.30. The van der Waals surface area contributed by atoms with Crippen molar-refractivity contribution in [2.24, 2.45) is 0 Å². The van der Waals surface area contributed by atoms with Gasteiger partial charge >= 0.3 is 0 Å². The molecule has 1 rings (SSSR count). The molecule has 2 N–H and O–H groups in total. The summed E-state index contributed by atoms with van der Waals surface area (Å²) in [5.41, 5.74) is 7.21. The summed E-state index contributed by atoms with van der Waals surface area (Å²) in [6.07, 6.45) is 0. The number of likely N-dealkylation sites (N-methyl/N-ethyl adjacent to an activating group) is 2. The third kappa shape index (κ3) is 3.27. The Hall–Kier alpha value is -1.91. The molecule has 0 saturated carbocycles. The van der Waals surface area contributed by atoms with Crippen molar-refractivity contribution in [2.75, 3.05) is 45.4 Å². The number of ether oxygens (including phenoxy) is 1. The maximum Gasteiger partial charge on any atom is 0.241 e. The quantitative estimate of drug-likeness (QED) is 0.787. The number of amides is 1. The highest BCUT2D eigenvalue weighted by Crippen LogP contribution is 2.26. The summed E-state index contributed by atoms with van der Waals surface area (Å²) < 4.78 is 5.14. The molecule has 1 aromatic rings. The van der Waals surface area contributed by atoms with Gasteiger partial charge in [-0.15, -0.1) is 0 Å². The molecule has 0 unspecified atom stereocenters. The van der Waals surface area contributed by atoms with Crippen molar-refractivity contribution in [3.05, 3.63) is 18.2 Å². The molecule has 0 aliphatic heterocycles. The van der Waals surface area contributed by atoms with E-state index in [0.29, 0.717) is 18.0 Å². The second-order valence-corrected chi connectivity index (χ2v) is 4.07. The highest BCUT2D eigenvalue weighted by Gasteiger charge is 2.10. The Balaban J connectivity index is 2.82. The van der Waals surface area contributed by atoms with Crippen LogP contribution in [-0.2, 0) is 4.79 Å². The van der Waals surface area contributed by atoms with E-state index >= 15 is 0 Å². The van der Waals surface area contributed by atoms with Gasteiger partial charge in [-0.3, -0.25) is 4.79 Å². The lowest BCUT2D eigenvalue weighted by atomic mass is 10.2. The fourth-order valence-corrected chi connectivity index (χ4v) is 1.37. The Morgan fingerprint density at radius 1 is 1.35 bits per heavy atom. The molecule has 1 amide bonds. The number of methoxy groups -OCH3 is 1. The molecular weight excluding hydrogens is 218 g/mol. The van der Waals surface area contributed by atoms with E-state index in [9.17, 15) is 4.79 Å². The Labute approximate surface area is 102 Å². The molecule has 0 heterocycles. The lowest BCUT2D eigenvalue weighted by molar-refractivity contribution is -0.127.